The number of benzene rings is 1. The Morgan fingerprint density at radius 2 is 2.00 bits per heavy atom. The van der Waals surface area contributed by atoms with E-state index in [0.29, 0.717) is 23.2 Å². The smallest absolute Gasteiger partial charge is 0.125 e. The monoisotopic (exact) mass is 257 g/mol. The highest BCUT2D eigenvalue weighted by Crippen LogP contribution is 2.34. The van der Waals surface area contributed by atoms with Gasteiger partial charge in [0.25, 0.3) is 0 Å². The van der Waals surface area contributed by atoms with Gasteiger partial charge in [0.1, 0.15) is 5.75 Å². The molecular weight excluding hydrogens is 238 g/mol. The van der Waals surface area contributed by atoms with Crippen LogP contribution in [-0.2, 0) is 0 Å². The van der Waals surface area contributed by atoms with Crippen molar-refractivity contribution < 1.29 is 9.84 Å². The Morgan fingerprint density at radius 1 is 1.35 bits per heavy atom. The lowest BCUT2D eigenvalue weighted by atomic mass is 9.98. The second-order valence-corrected chi connectivity index (χ2v) is 4.75. The van der Waals surface area contributed by atoms with Crippen LogP contribution in [0.2, 0.25) is 5.02 Å². The predicted octanol–water partition coefficient (Wildman–Crippen LogP) is 2.72. The number of nitrogens with one attached hydrogen (secondary N) is 1. The third-order valence-electron chi connectivity index (χ3n) is 2.73. The zero-order valence-corrected chi connectivity index (χ0v) is 11.5. The van der Waals surface area contributed by atoms with Gasteiger partial charge < -0.3 is 15.2 Å². The van der Waals surface area contributed by atoms with Gasteiger partial charge >= 0.3 is 0 Å². The molecule has 1 atom stereocenters. The molecule has 0 radical (unpaired) electrons. The third kappa shape index (κ3) is 3.35. The molecule has 3 nitrogen and oxygen atoms in total. The van der Waals surface area contributed by atoms with Crippen LogP contribution in [0.3, 0.4) is 0 Å². The van der Waals surface area contributed by atoms with E-state index in [1.807, 2.05) is 6.07 Å². The van der Waals surface area contributed by atoms with Gasteiger partial charge in [-0.05, 0) is 30.7 Å². The van der Waals surface area contributed by atoms with E-state index in [1.54, 1.807) is 20.2 Å². The quantitative estimate of drug-likeness (QED) is 0.852. The number of aliphatic hydroxyl groups is 1. The summed E-state index contributed by atoms with van der Waals surface area (Å²) in [5.41, 5.74) is 1.75. The van der Waals surface area contributed by atoms with Crippen LogP contribution in [0.4, 0.5) is 0 Å². The first-order valence-corrected chi connectivity index (χ1v) is 6.09. The van der Waals surface area contributed by atoms with Crippen LogP contribution in [0.5, 0.6) is 5.75 Å². The van der Waals surface area contributed by atoms with Crippen molar-refractivity contribution in [2.45, 2.75) is 25.9 Å². The van der Waals surface area contributed by atoms with Crippen molar-refractivity contribution in [2.24, 2.45) is 0 Å². The van der Waals surface area contributed by atoms with Crippen molar-refractivity contribution in [3.05, 3.63) is 28.3 Å². The van der Waals surface area contributed by atoms with Crippen molar-refractivity contribution in [3.8, 4) is 5.75 Å². The van der Waals surface area contributed by atoms with Gasteiger partial charge in [-0.2, -0.15) is 0 Å². The number of hydrogen-bond donors (Lipinski definition) is 2. The Kier molecular flexibility index (Phi) is 5.25. The Morgan fingerprint density at radius 3 is 2.47 bits per heavy atom. The highest BCUT2D eigenvalue weighted by Gasteiger charge is 2.17. The summed E-state index contributed by atoms with van der Waals surface area (Å²) >= 11 is 6.21. The fourth-order valence-corrected chi connectivity index (χ4v) is 2.16. The Balaban J connectivity index is 3.18. The van der Waals surface area contributed by atoms with Crippen LogP contribution in [-0.4, -0.2) is 25.8 Å². The first kappa shape index (κ1) is 14.3. The molecule has 0 amide bonds. The molecule has 0 aromatic heterocycles. The number of halogens is 1. The average Bonchev–Trinajstić information content (AvgIpc) is 2.28. The SMILES string of the molecule is CNCC(O)c1cc(Cl)c(C(C)C)cc1OC. The van der Waals surface area contributed by atoms with Gasteiger partial charge in [-0.3, -0.25) is 0 Å². The number of methoxy groups -OCH3 is 1. The van der Waals surface area contributed by atoms with Gasteiger partial charge in [0.05, 0.1) is 13.2 Å². The van der Waals surface area contributed by atoms with Gasteiger partial charge in [0.15, 0.2) is 0 Å². The maximum absolute atomic E-state index is 9.99. The zero-order chi connectivity index (χ0) is 13.0. The summed E-state index contributed by atoms with van der Waals surface area (Å²) in [7, 11) is 3.39. The van der Waals surface area contributed by atoms with E-state index in [4.69, 9.17) is 16.3 Å². The summed E-state index contributed by atoms with van der Waals surface area (Å²) in [6.07, 6.45) is -0.617. The molecule has 1 aromatic carbocycles. The molecule has 2 N–H and O–H groups in total. The molecule has 1 rings (SSSR count). The predicted molar refractivity (Wildman–Crippen MR) is 71.0 cm³/mol. The Labute approximate surface area is 108 Å². The molecule has 1 aromatic rings. The molecule has 0 aliphatic carbocycles. The lowest BCUT2D eigenvalue weighted by molar-refractivity contribution is 0.173. The van der Waals surface area contributed by atoms with Crippen LogP contribution in [0, 0.1) is 0 Å². The van der Waals surface area contributed by atoms with Crippen LogP contribution in [0.15, 0.2) is 12.1 Å². The van der Waals surface area contributed by atoms with E-state index in [1.165, 1.54) is 0 Å². The minimum Gasteiger partial charge on any atom is -0.496 e. The van der Waals surface area contributed by atoms with E-state index < -0.39 is 6.10 Å². The summed E-state index contributed by atoms with van der Waals surface area (Å²) in [5.74, 6) is 1.01. The first-order valence-electron chi connectivity index (χ1n) is 5.71. The lowest BCUT2D eigenvalue weighted by Gasteiger charge is -2.18. The molecule has 0 heterocycles. The minimum absolute atomic E-state index is 0.326. The van der Waals surface area contributed by atoms with Crippen LogP contribution >= 0.6 is 11.6 Å². The van der Waals surface area contributed by atoms with E-state index in [2.05, 4.69) is 19.2 Å². The van der Waals surface area contributed by atoms with Gasteiger partial charge in [0.2, 0.25) is 0 Å². The molecule has 0 fully saturated rings. The topological polar surface area (TPSA) is 41.5 Å². The number of likely N-dealkylation sites (N-methyl/N-ethyl adjacent to an activating group) is 1. The standard InChI is InChI=1S/C13H20ClNO2/c1-8(2)9-6-13(17-4)10(5-11(9)14)12(16)7-15-3/h5-6,8,12,15-16H,7H2,1-4H3. The van der Waals surface area contributed by atoms with E-state index in [9.17, 15) is 5.11 Å². The summed E-state index contributed by atoms with van der Waals surface area (Å²) in [6, 6.07) is 3.69. The molecule has 0 spiro atoms. The van der Waals surface area contributed by atoms with E-state index >= 15 is 0 Å². The molecule has 0 aliphatic rings. The number of aliphatic hydroxyl groups excluding tert-OH is 1. The van der Waals surface area contributed by atoms with E-state index in [-0.39, 0.29) is 0 Å². The van der Waals surface area contributed by atoms with Crippen LogP contribution in [0.1, 0.15) is 37.0 Å². The van der Waals surface area contributed by atoms with E-state index in [0.717, 1.165) is 11.1 Å². The van der Waals surface area contributed by atoms with Crippen molar-refractivity contribution in [1.82, 2.24) is 5.32 Å². The molecule has 0 saturated heterocycles. The summed E-state index contributed by atoms with van der Waals surface area (Å²) in [4.78, 5) is 0. The van der Waals surface area contributed by atoms with Crippen molar-refractivity contribution >= 4 is 11.6 Å². The van der Waals surface area contributed by atoms with Gasteiger partial charge in [-0.15, -0.1) is 0 Å². The zero-order valence-electron chi connectivity index (χ0n) is 10.7. The molecule has 0 aliphatic heterocycles. The van der Waals surface area contributed by atoms with Crippen LogP contribution in [0.25, 0.3) is 0 Å². The first-order chi connectivity index (χ1) is 8.01. The molecule has 0 bridgehead atoms. The highest BCUT2D eigenvalue weighted by atomic mass is 35.5. The van der Waals surface area contributed by atoms with Gasteiger partial charge in [-0.1, -0.05) is 25.4 Å². The number of rotatable bonds is 5. The minimum atomic E-state index is -0.617. The maximum atomic E-state index is 9.99. The third-order valence-corrected chi connectivity index (χ3v) is 3.05. The molecule has 4 heteroatoms. The lowest BCUT2D eigenvalue weighted by Crippen LogP contribution is -2.17. The number of hydrogen-bond acceptors (Lipinski definition) is 3. The van der Waals surface area contributed by atoms with Crippen molar-refractivity contribution in [3.63, 3.8) is 0 Å². The fourth-order valence-electron chi connectivity index (χ4n) is 1.77. The molecule has 1 unspecified atom stereocenters. The fraction of sp³-hybridized carbons (Fsp3) is 0.538. The van der Waals surface area contributed by atoms with Crippen LogP contribution < -0.4 is 10.1 Å². The number of ether oxygens (including phenoxy) is 1. The van der Waals surface area contributed by atoms with Gasteiger partial charge in [-0.25, -0.2) is 0 Å². The molecular formula is C13H20ClNO2. The molecule has 0 saturated carbocycles. The molecule has 17 heavy (non-hydrogen) atoms. The second-order valence-electron chi connectivity index (χ2n) is 4.34. The summed E-state index contributed by atoms with van der Waals surface area (Å²) < 4.78 is 5.31. The average molecular weight is 258 g/mol. The highest BCUT2D eigenvalue weighted by molar-refractivity contribution is 6.31. The maximum Gasteiger partial charge on any atom is 0.125 e. The summed E-state index contributed by atoms with van der Waals surface area (Å²) in [6.45, 7) is 4.61. The van der Waals surface area contributed by atoms with Gasteiger partial charge in [0, 0.05) is 17.1 Å². The van der Waals surface area contributed by atoms with Crippen molar-refractivity contribution in [2.75, 3.05) is 20.7 Å². The Hall–Kier alpha value is -0.770. The summed E-state index contributed by atoms with van der Waals surface area (Å²) in [5, 5.41) is 13.6. The largest absolute Gasteiger partial charge is 0.496 e. The Bertz CT molecular complexity index is 380. The normalized spacial score (nSPS) is 12.9. The van der Waals surface area contributed by atoms with Crippen molar-refractivity contribution in [1.29, 1.82) is 0 Å². The molecule has 96 valence electrons. The second kappa shape index (κ2) is 6.24.